The molecule has 0 aromatic heterocycles. The molecule has 1 aliphatic carbocycles. The van der Waals surface area contributed by atoms with Crippen molar-refractivity contribution < 1.29 is 43.5 Å². The first-order valence-electron chi connectivity index (χ1n) is 11.6. The highest BCUT2D eigenvalue weighted by atomic mass is 35.5. The van der Waals surface area contributed by atoms with E-state index < -0.39 is 82.3 Å². The van der Waals surface area contributed by atoms with Gasteiger partial charge in [0, 0.05) is 31.6 Å². The lowest BCUT2D eigenvalue weighted by atomic mass is 9.49. The van der Waals surface area contributed by atoms with Crippen LogP contribution in [0.1, 0.15) is 53.9 Å². The second-order valence-electron chi connectivity index (χ2n) is 10.6. The van der Waals surface area contributed by atoms with Crippen LogP contribution in [0.15, 0.2) is 12.2 Å². The van der Waals surface area contributed by atoms with Gasteiger partial charge in [0.2, 0.25) is 0 Å². The van der Waals surface area contributed by atoms with Gasteiger partial charge in [-0.3, -0.25) is 14.4 Å². The molecule has 34 heavy (non-hydrogen) atoms. The average molecular weight is 501 g/mol. The van der Waals surface area contributed by atoms with Gasteiger partial charge in [0.05, 0.1) is 29.1 Å². The Morgan fingerprint density at radius 1 is 1.21 bits per heavy atom. The number of hydrogen-bond acceptors (Lipinski definition) is 9. The number of hydrogen-bond donors (Lipinski definition) is 2. The van der Waals surface area contributed by atoms with Gasteiger partial charge in [0.1, 0.15) is 12.2 Å². The Morgan fingerprint density at radius 3 is 2.41 bits per heavy atom. The minimum atomic E-state index is -1.78. The standard InChI is InChI=1S/C24H33ClO9/c1-10-7-8-15-22(5)16(31-12(3)26)9-14(28)23(6,30)18(22)20(32-13(4)27)24(34-15)11(2)21(29)33-19(24)17(10)25/h11,14-20,28,30H,1,7-9H2,2-6H3/t11?,14?,15-,16?,17?,18?,19?,20-,22+,23-,24?/m1/s1. The Hall–Kier alpha value is -1.68. The highest BCUT2D eigenvalue weighted by Gasteiger charge is 2.78. The summed E-state index contributed by atoms with van der Waals surface area (Å²) >= 11 is 6.75. The molecule has 0 aromatic carbocycles. The van der Waals surface area contributed by atoms with Crippen molar-refractivity contribution in [2.24, 2.45) is 17.3 Å². The second kappa shape index (κ2) is 8.18. The molecule has 7 unspecified atom stereocenters. The topological polar surface area (TPSA) is 129 Å². The fraction of sp³-hybridized carbons (Fsp3) is 0.792. The first kappa shape index (κ1) is 25.4. The average Bonchev–Trinajstić information content (AvgIpc) is 2.96. The van der Waals surface area contributed by atoms with Crippen LogP contribution in [0.3, 0.4) is 0 Å². The van der Waals surface area contributed by atoms with Gasteiger partial charge in [-0.25, -0.2) is 0 Å². The second-order valence-corrected chi connectivity index (χ2v) is 11.1. The van der Waals surface area contributed by atoms with Gasteiger partial charge in [0.15, 0.2) is 11.7 Å². The van der Waals surface area contributed by atoms with E-state index in [-0.39, 0.29) is 6.42 Å². The summed E-state index contributed by atoms with van der Waals surface area (Å²) in [6, 6.07) is 0. The summed E-state index contributed by atoms with van der Waals surface area (Å²) in [5.74, 6) is -3.67. The van der Waals surface area contributed by atoms with Crippen molar-refractivity contribution in [2.75, 3.05) is 0 Å². The van der Waals surface area contributed by atoms with Gasteiger partial charge >= 0.3 is 17.9 Å². The third-order valence-corrected chi connectivity index (χ3v) is 9.13. The quantitative estimate of drug-likeness (QED) is 0.251. The lowest BCUT2D eigenvalue weighted by Gasteiger charge is -2.66. The molecule has 3 heterocycles. The van der Waals surface area contributed by atoms with Crippen molar-refractivity contribution >= 4 is 29.5 Å². The highest BCUT2D eigenvalue weighted by molar-refractivity contribution is 6.23. The summed E-state index contributed by atoms with van der Waals surface area (Å²) < 4.78 is 24.0. The lowest BCUT2D eigenvalue weighted by Crippen LogP contribution is -2.79. The van der Waals surface area contributed by atoms with Crippen LogP contribution >= 0.6 is 11.6 Å². The monoisotopic (exact) mass is 500 g/mol. The van der Waals surface area contributed by atoms with Gasteiger partial charge in [-0.15, -0.1) is 11.6 Å². The number of carbonyl (C=O) groups is 3. The zero-order chi connectivity index (χ0) is 25.4. The van der Waals surface area contributed by atoms with Gasteiger partial charge in [0.25, 0.3) is 0 Å². The maximum atomic E-state index is 12.9. The van der Waals surface area contributed by atoms with E-state index in [2.05, 4.69) is 6.58 Å². The molecule has 3 saturated heterocycles. The predicted octanol–water partition coefficient (Wildman–Crippen LogP) is 1.64. The van der Waals surface area contributed by atoms with Crippen LogP contribution in [-0.2, 0) is 33.3 Å². The molecule has 10 heteroatoms. The lowest BCUT2D eigenvalue weighted by molar-refractivity contribution is -0.355. The predicted molar refractivity (Wildman–Crippen MR) is 119 cm³/mol. The Morgan fingerprint density at radius 2 is 1.82 bits per heavy atom. The van der Waals surface area contributed by atoms with Crippen LogP contribution in [0.25, 0.3) is 0 Å². The van der Waals surface area contributed by atoms with Crippen molar-refractivity contribution in [1.29, 1.82) is 0 Å². The molecular formula is C24H33ClO9. The minimum Gasteiger partial charge on any atom is -0.462 e. The molecule has 4 aliphatic rings. The van der Waals surface area contributed by atoms with Gasteiger partial charge in [-0.2, -0.15) is 0 Å². The number of fused-ring (bicyclic) bond motifs is 3. The summed E-state index contributed by atoms with van der Waals surface area (Å²) in [5, 5.41) is 21.9. The summed E-state index contributed by atoms with van der Waals surface area (Å²) in [6.07, 6.45) is -4.29. The molecular weight excluding hydrogens is 468 g/mol. The van der Waals surface area contributed by atoms with Crippen LogP contribution in [-0.4, -0.2) is 75.2 Å². The Kier molecular flexibility index (Phi) is 6.12. The number of ether oxygens (including phenoxy) is 4. The molecule has 11 atom stereocenters. The first-order valence-corrected chi connectivity index (χ1v) is 12.1. The molecule has 0 aromatic rings. The van der Waals surface area contributed by atoms with Crippen LogP contribution in [0.5, 0.6) is 0 Å². The molecule has 2 bridgehead atoms. The van der Waals surface area contributed by atoms with Crippen LogP contribution in [0, 0.1) is 17.3 Å². The van der Waals surface area contributed by atoms with Crippen molar-refractivity contribution in [1.82, 2.24) is 0 Å². The van der Waals surface area contributed by atoms with Gasteiger partial charge in [-0.05, 0) is 26.7 Å². The molecule has 0 radical (unpaired) electrons. The molecule has 4 fully saturated rings. The number of aliphatic hydroxyl groups is 2. The highest BCUT2D eigenvalue weighted by Crippen LogP contribution is 2.63. The fourth-order valence-corrected chi connectivity index (χ4v) is 7.20. The number of esters is 3. The van der Waals surface area contributed by atoms with Crippen molar-refractivity contribution in [3.63, 3.8) is 0 Å². The van der Waals surface area contributed by atoms with Crippen LogP contribution in [0.4, 0.5) is 0 Å². The van der Waals surface area contributed by atoms with E-state index in [4.69, 9.17) is 30.5 Å². The zero-order valence-electron chi connectivity index (χ0n) is 20.1. The number of aliphatic hydroxyl groups excluding tert-OH is 1. The SMILES string of the molecule is C=C1CC[C@H]2OC3(C(C)C(=O)OC3C1Cl)[C@H](OC(C)=O)C1[C@](C)(O)C(O)CC(OC(C)=O)[C@@]12C. The van der Waals surface area contributed by atoms with E-state index in [0.717, 1.165) is 0 Å². The summed E-state index contributed by atoms with van der Waals surface area (Å²) in [5.41, 5.74) is -3.78. The Bertz CT molecular complexity index is 918. The number of rotatable bonds is 2. The maximum Gasteiger partial charge on any atom is 0.312 e. The first-order chi connectivity index (χ1) is 15.7. The summed E-state index contributed by atoms with van der Waals surface area (Å²) in [4.78, 5) is 37.3. The molecule has 3 aliphatic heterocycles. The maximum absolute atomic E-state index is 12.9. The largest absolute Gasteiger partial charge is 0.462 e. The Labute approximate surface area is 203 Å². The fourth-order valence-electron chi connectivity index (χ4n) is 6.84. The van der Waals surface area contributed by atoms with Crippen molar-refractivity contribution in [3.05, 3.63) is 12.2 Å². The minimum absolute atomic E-state index is 0.0350. The van der Waals surface area contributed by atoms with Crippen LogP contribution in [0.2, 0.25) is 0 Å². The molecule has 4 rings (SSSR count). The molecule has 1 spiro atoms. The van der Waals surface area contributed by atoms with Gasteiger partial charge in [-0.1, -0.05) is 19.1 Å². The third kappa shape index (κ3) is 3.34. The van der Waals surface area contributed by atoms with E-state index in [0.29, 0.717) is 18.4 Å². The molecule has 2 N–H and O–H groups in total. The molecule has 0 amide bonds. The van der Waals surface area contributed by atoms with Crippen molar-refractivity contribution in [3.8, 4) is 0 Å². The summed E-state index contributed by atoms with van der Waals surface area (Å²) in [6.45, 7) is 11.5. The molecule has 190 valence electrons. The number of carbonyl (C=O) groups excluding carboxylic acids is 3. The van der Waals surface area contributed by atoms with E-state index in [1.165, 1.54) is 20.8 Å². The number of halogens is 1. The zero-order valence-corrected chi connectivity index (χ0v) is 20.8. The van der Waals surface area contributed by atoms with E-state index in [1.54, 1.807) is 13.8 Å². The van der Waals surface area contributed by atoms with E-state index in [1.807, 2.05) is 0 Å². The third-order valence-electron chi connectivity index (χ3n) is 8.60. The number of alkyl halides is 1. The summed E-state index contributed by atoms with van der Waals surface area (Å²) in [7, 11) is 0. The molecule has 1 saturated carbocycles. The van der Waals surface area contributed by atoms with Crippen molar-refractivity contribution in [2.45, 2.75) is 101 Å². The van der Waals surface area contributed by atoms with Crippen LogP contribution < -0.4 is 0 Å². The smallest absolute Gasteiger partial charge is 0.312 e. The molecule has 9 nitrogen and oxygen atoms in total. The normalized spacial score (nSPS) is 50.2. The van der Waals surface area contributed by atoms with Gasteiger partial charge < -0.3 is 29.2 Å². The van der Waals surface area contributed by atoms with E-state index >= 15 is 0 Å². The Balaban J connectivity index is 2.00. The van der Waals surface area contributed by atoms with E-state index in [9.17, 15) is 24.6 Å².